The molecule has 18 heavy (non-hydrogen) atoms. The monoisotopic (exact) mass is 249 g/mol. The van der Waals surface area contributed by atoms with Gasteiger partial charge in [0, 0.05) is 13.1 Å². The minimum Gasteiger partial charge on any atom is -0.479 e. The molecule has 0 radical (unpaired) electrons. The van der Waals surface area contributed by atoms with Crippen LogP contribution >= 0.6 is 0 Å². The number of likely N-dealkylation sites (tertiary alicyclic amines) is 1. The molecule has 0 amide bonds. The van der Waals surface area contributed by atoms with E-state index in [2.05, 4.69) is 17.0 Å². The van der Waals surface area contributed by atoms with Crippen molar-refractivity contribution in [3.8, 4) is 0 Å². The molecule has 1 aromatic rings. The van der Waals surface area contributed by atoms with Gasteiger partial charge in [0.25, 0.3) is 0 Å². The highest BCUT2D eigenvalue weighted by molar-refractivity contribution is 5.77. The molecular weight excluding hydrogens is 230 g/mol. The lowest BCUT2D eigenvalue weighted by Gasteiger charge is -2.22. The van der Waals surface area contributed by atoms with E-state index in [9.17, 15) is 9.90 Å². The quantitative estimate of drug-likeness (QED) is 0.852. The smallest absolute Gasteiger partial charge is 0.335 e. The second kappa shape index (κ2) is 5.50. The maximum Gasteiger partial charge on any atom is 0.335 e. The number of rotatable bonds is 3. The van der Waals surface area contributed by atoms with Crippen LogP contribution < -0.4 is 0 Å². The first kappa shape index (κ1) is 13.1. The maximum absolute atomic E-state index is 11.0. The molecule has 98 valence electrons. The zero-order chi connectivity index (χ0) is 13.0. The molecule has 0 spiro atoms. The number of benzene rings is 1. The van der Waals surface area contributed by atoms with Crippen LogP contribution in [0.25, 0.3) is 0 Å². The van der Waals surface area contributed by atoms with E-state index in [1.807, 2.05) is 18.2 Å². The topological polar surface area (TPSA) is 60.8 Å². The van der Waals surface area contributed by atoms with Gasteiger partial charge in [-0.3, -0.25) is 4.90 Å². The summed E-state index contributed by atoms with van der Waals surface area (Å²) >= 11 is 0. The minimum atomic E-state index is -1.54. The van der Waals surface area contributed by atoms with Crippen molar-refractivity contribution in [3.63, 3.8) is 0 Å². The van der Waals surface area contributed by atoms with Gasteiger partial charge in [0.05, 0.1) is 0 Å². The third-order valence-electron chi connectivity index (χ3n) is 3.55. The Morgan fingerprint density at radius 2 is 1.94 bits per heavy atom. The molecule has 0 aromatic heterocycles. The Hall–Kier alpha value is -1.39. The fourth-order valence-corrected chi connectivity index (χ4v) is 2.39. The molecule has 4 heteroatoms. The summed E-state index contributed by atoms with van der Waals surface area (Å²) < 4.78 is 0. The number of nitrogens with zero attached hydrogens (tertiary/aromatic N) is 1. The fourth-order valence-electron chi connectivity index (χ4n) is 2.39. The summed E-state index contributed by atoms with van der Waals surface area (Å²) in [5.41, 5.74) is -0.316. The van der Waals surface area contributed by atoms with Crippen molar-refractivity contribution in [3.05, 3.63) is 35.9 Å². The highest BCUT2D eigenvalue weighted by atomic mass is 16.4. The first-order valence-corrected chi connectivity index (χ1v) is 6.32. The molecule has 2 N–H and O–H groups in total. The van der Waals surface area contributed by atoms with Crippen molar-refractivity contribution in [2.24, 2.45) is 0 Å². The molecule has 0 bridgehead atoms. The highest BCUT2D eigenvalue weighted by Gasteiger charge is 2.37. The zero-order valence-corrected chi connectivity index (χ0v) is 10.4. The van der Waals surface area contributed by atoms with Crippen molar-refractivity contribution < 1.29 is 15.0 Å². The Labute approximate surface area is 107 Å². The summed E-state index contributed by atoms with van der Waals surface area (Å²) in [6.45, 7) is 2.28. The first-order valence-electron chi connectivity index (χ1n) is 6.32. The van der Waals surface area contributed by atoms with Crippen molar-refractivity contribution >= 4 is 5.97 Å². The minimum absolute atomic E-state index is 0.301. The molecule has 1 heterocycles. The Balaban J connectivity index is 1.96. The van der Waals surface area contributed by atoms with E-state index in [0.29, 0.717) is 19.4 Å². The SMILES string of the molecule is O=C(O)C1(O)CCCN(Cc2ccccc2)CC1. The predicted molar refractivity (Wildman–Crippen MR) is 68.2 cm³/mol. The molecule has 1 saturated heterocycles. The second-order valence-corrected chi connectivity index (χ2v) is 4.95. The van der Waals surface area contributed by atoms with E-state index < -0.39 is 11.6 Å². The molecule has 4 nitrogen and oxygen atoms in total. The lowest BCUT2D eigenvalue weighted by atomic mass is 9.95. The molecule has 2 rings (SSSR count). The highest BCUT2D eigenvalue weighted by Crippen LogP contribution is 2.23. The molecule has 1 fully saturated rings. The number of hydrogen-bond acceptors (Lipinski definition) is 3. The average molecular weight is 249 g/mol. The summed E-state index contributed by atoms with van der Waals surface area (Å²) in [7, 11) is 0. The summed E-state index contributed by atoms with van der Waals surface area (Å²) in [6.07, 6.45) is 1.36. The number of carboxylic acids is 1. The van der Waals surface area contributed by atoms with Crippen LogP contribution in [0.5, 0.6) is 0 Å². The van der Waals surface area contributed by atoms with Gasteiger partial charge in [-0.1, -0.05) is 30.3 Å². The Morgan fingerprint density at radius 1 is 1.22 bits per heavy atom. The van der Waals surface area contributed by atoms with Gasteiger partial charge in [0.15, 0.2) is 5.60 Å². The molecule has 0 aliphatic carbocycles. The summed E-state index contributed by atoms with van der Waals surface area (Å²) in [6, 6.07) is 10.1. The predicted octanol–water partition coefficient (Wildman–Crippen LogP) is 1.49. The van der Waals surface area contributed by atoms with E-state index >= 15 is 0 Å². The average Bonchev–Trinajstić information content (AvgIpc) is 2.54. The van der Waals surface area contributed by atoms with Crippen LogP contribution in [0.3, 0.4) is 0 Å². The Kier molecular flexibility index (Phi) is 3.99. The third kappa shape index (κ3) is 3.09. The van der Waals surface area contributed by atoms with Crippen LogP contribution in [0.2, 0.25) is 0 Å². The van der Waals surface area contributed by atoms with Crippen molar-refractivity contribution in [1.29, 1.82) is 0 Å². The molecular formula is C14H19NO3. The normalized spacial score (nSPS) is 25.6. The summed E-state index contributed by atoms with van der Waals surface area (Å²) in [5.74, 6) is -1.09. The number of carbonyl (C=O) groups is 1. The lowest BCUT2D eigenvalue weighted by Crippen LogP contribution is -2.39. The lowest BCUT2D eigenvalue weighted by molar-refractivity contribution is -0.159. The number of carboxylic acid groups (broad SMARTS) is 1. The molecule has 1 atom stereocenters. The van der Waals surface area contributed by atoms with Gasteiger partial charge in [-0.25, -0.2) is 4.79 Å². The van der Waals surface area contributed by atoms with E-state index in [-0.39, 0.29) is 0 Å². The first-order chi connectivity index (χ1) is 8.60. The van der Waals surface area contributed by atoms with Crippen molar-refractivity contribution in [1.82, 2.24) is 4.90 Å². The molecule has 1 aliphatic heterocycles. The molecule has 1 aromatic carbocycles. The van der Waals surface area contributed by atoms with Crippen LogP contribution in [0.15, 0.2) is 30.3 Å². The van der Waals surface area contributed by atoms with Crippen molar-refractivity contribution in [2.75, 3.05) is 13.1 Å². The van der Waals surface area contributed by atoms with Crippen LogP contribution in [-0.2, 0) is 11.3 Å². The van der Waals surface area contributed by atoms with E-state index in [1.165, 1.54) is 5.56 Å². The number of aliphatic carboxylic acids is 1. The van der Waals surface area contributed by atoms with Gasteiger partial charge < -0.3 is 10.2 Å². The fraction of sp³-hybridized carbons (Fsp3) is 0.500. The summed E-state index contributed by atoms with van der Waals surface area (Å²) in [4.78, 5) is 13.2. The van der Waals surface area contributed by atoms with Crippen LogP contribution in [0.4, 0.5) is 0 Å². The summed E-state index contributed by atoms with van der Waals surface area (Å²) in [5, 5.41) is 19.0. The van der Waals surface area contributed by atoms with Crippen LogP contribution in [-0.4, -0.2) is 39.8 Å². The van der Waals surface area contributed by atoms with E-state index in [0.717, 1.165) is 19.5 Å². The number of hydrogen-bond donors (Lipinski definition) is 2. The van der Waals surface area contributed by atoms with Gasteiger partial charge in [-0.15, -0.1) is 0 Å². The molecule has 1 aliphatic rings. The molecule has 0 saturated carbocycles. The maximum atomic E-state index is 11.0. The van der Waals surface area contributed by atoms with E-state index in [1.54, 1.807) is 0 Å². The number of aliphatic hydroxyl groups is 1. The third-order valence-corrected chi connectivity index (χ3v) is 3.55. The largest absolute Gasteiger partial charge is 0.479 e. The van der Waals surface area contributed by atoms with Crippen LogP contribution in [0.1, 0.15) is 24.8 Å². The Morgan fingerprint density at radius 3 is 2.61 bits per heavy atom. The van der Waals surface area contributed by atoms with Crippen molar-refractivity contribution in [2.45, 2.75) is 31.4 Å². The van der Waals surface area contributed by atoms with Gasteiger partial charge in [-0.2, -0.15) is 0 Å². The van der Waals surface area contributed by atoms with Gasteiger partial charge >= 0.3 is 5.97 Å². The zero-order valence-electron chi connectivity index (χ0n) is 10.4. The molecule has 1 unspecified atom stereocenters. The van der Waals surface area contributed by atoms with E-state index in [4.69, 9.17) is 5.11 Å². The van der Waals surface area contributed by atoms with Crippen LogP contribution in [0, 0.1) is 0 Å². The second-order valence-electron chi connectivity index (χ2n) is 4.95. The van der Waals surface area contributed by atoms with Gasteiger partial charge in [0.2, 0.25) is 0 Å². The standard InChI is InChI=1S/C14H19NO3/c16-13(17)14(18)7-4-9-15(10-8-14)11-12-5-2-1-3-6-12/h1-3,5-6,18H,4,7-11H2,(H,16,17). The van der Waals surface area contributed by atoms with Gasteiger partial charge in [-0.05, 0) is 31.4 Å². The Bertz CT molecular complexity index is 407. The van der Waals surface area contributed by atoms with Gasteiger partial charge in [0.1, 0.15) is 0 Å².